The Balaban J connectivity index is 2.37. The molecule has 1 heterocycles. The number of aromatic nitrogens is 2. The summed E-state index contributed by atoms with van der Waals surface area (Å²) in [6, 6.07) is 7.00. The normalized spacial score (nSPS) is 11.3. The van der Waals surface area contributed by atoms with Gasteiger partial charge in [0.05, 0.1) is 16.1 Å². The largest absolute Gasteiger partial charge is 0.330 e. The summed E-state index contributed by atoms with van der Waals surface area (Å²) in [6.45, 7) is 4.04. The van der Waals surface area contributed by atoms with E-state index in [1.807, 2.05) is 30.5 Å². The highest BCUT2D eigenvalue weighted by molar-refractivity contribution is 9.10. The van der Waals surface area contributed by atoms with Crippen molar-refractivity contribution in [1.82, 2.24) is 9.55 Å². The zero-order valence-electron chi connectivity index (χ0n) is 11.3. The number of imidazole rings is 1. The highest BCUT2D eigenvalue weighted by atomic mass is 79.9. The molecule has 0 aliphatic rings. The van der Waals surface area contributed by atoms with E-state index >= 15 is 0 Å². The first-order chi connectivity index (χ1) is 9.88. The first kappa shape index (κ1) is 14.8. The van der Waals surface area contributed by atoms with Crippen LogP contribution in [0.15, 0.2) is 28.7 Å². The number of halogens is 3. The molecule has 0 aliphatic carbocycles. The predicted molar refractivity (Wildman–Crippen MR) is 90.6 cm³/mol. The van der Waals surface area contributed by atoms with Crippen LogP contribution in [0.2, 0.25) is 5.02 Å². The third-order valence-corrected chi connectivity index (χ3v) is 5.23. The monoisotopic (exact) mass is 384 g/mol. The molecule has 108 valence electrons. The van der Waals surface area contributed by atoms with E-state index in [1.165, 1.54) is 6.07 Å². The topological polar surface area (TPSA) is 20.7 Å². The number of nitrogens with zero attached hydrogens (tertiary/aromatic N) is 1. The fourth-order valence-corrected chi connectivity index (χ4v) is 3.11. The second kappa shape index (κ2) is 5.23. The maximum Gasteiger partial charge on any atom is 0.182 e. The van der Waals surface area contributed by atoms with Gasteiger partial charge in [-0.25, -0.2) is 4.39 Å². The quantitative estimate of drug-likeness (QED) is 0.520. The summed E-state index contributed by atoms with van der Waals surface area (Å²) in [7, 11) is 0. The SMILES string of the molecule is Cc1cc(-n2c(=S)[nH]c3cc(F)c(Cl)cc32)cc(C)c1Br. The molecule has 1 aromatic heterocycles. The van der Waals surface area contributed by atoms with Crippen molar-refractivity contribution >= 4 is 50.8 Å². The number of fused-ring (bicyclic) bond motifs is 1. The van der Waals surface area contributed by atoms with E-state index in [9.17, 15) is 4.39 Å². The molecule has 2 aromatic carbocycles. The zero-order valence-corrected chi connectivity index (χ0v) is 14.5. The molecule has 0 unspecified atom stereocenters. The van der Waals surface area contributed by atoms with Crippen molar-refractivity contribution in [2.24, 2.45) is 0 Å². The van der Waals surface area contributed by atoms with Crippen LogP contribution >= 0.6 is 39.7 Å². The van der Waals surface area contributed by atoms with Crippen LogP contribution in [-0.4, -0.2) is 9.55 Å². The smallest absolute Gasteiger partial charge is 0.182 e. The van der Waals surface area contributed by atoms with Crippen molar-refractivity contribution in [1.29, 1.82) is 0 Å². The minimum atomic E-state index is -0.462. The van der Waals surface area contributed by atoms with Crippen LogP contribution in [0.25, 0.3) is 16.7 Å². The average molecular weight is 386 g/mol. The molecule has 21 heavy (non-hydrogen) atoms. The van der Waals surface area contributed by atoms with Crippen LogP contribution in [0, 0.1) is 24.4 Å². The van der Waals surface area contributed by atoms with E-state index in [-0.39, 0.29) is 5.02 Å². The van der Waals surface area contributed by atoms with E-state index in [0.29, 0.717) is 10.3 Å². The summed E-state index contributed by atoms with van der Waals surface area (Å²) in [6.07, 6.45) is 0. The number of benzene rings is 2. The number of rotatable bonds is 1. The maximum atomic E-state index is 13.6. The Labute approximate surface area is 139 Å². The summed E-state index contributed by atoms with van der Waals surface area (Å²) in [5, 5.41) is 0.0794. The third-order valence-electron chi connectivity index (χ3n) is 3.40. The van der Waals surface area contributed by atoms with Gasteiger partial charge in [0, 0.05) is 16.2 Å². The lowest BCUT2D eigenvalue weighted by molar-refractivity contribution is 0.630. The molecular formula is C15H11BrClFN2S. The van der Waals surface area contributed by atoms with Crippen molar-refractivity contribution in [2.45, 2.75) is 13.8 Å². The van der Waals surface area contributed by atoms with Gasteiger partial charge in [-0.05, 0) is 55.4 Å². The molecule has 0 bridgehead atoms. The second-order valence-electron chi connectivity index (χ2n) is 4.94. The summed E-state index contributed by atoms with van der Waals surface area (Å²) in [4.78, 5) is 3.01. The van der Waals surface area contributed by atoms with Gasteiger partial charge in [0.1, 0.15) is 5.82 Å². The van der Waals surface area contributed by atoms with Gasteiger partial charge >= 0.3 is 0 Å². The molecule has 6 heteroatoms. The Bertz CT molecular complexity index is 906. The third kappa shape index (κ3) is 2.43. The lowest BCUT2D eigenvalue weighted by Crippen LogP contribution is -1.97. The Kier molecular flexibility index (Phi) is 3.67. The Morgan fingerprint density at radius 3 is 2.43 bits per heavy atom. The van der Waals surface area contributed by atoms with Crippen LogP contribution in [0.5, 0.6) is 0 Å². The average Bonchev–Trinajstić information content (AvgIpc) is 2.71. The molecule has 0 spiro atoms. The highest BCUT2D eigenvalue weighted by Gasteiger charge is 2.12. The lowest BCUT2D eigenvalue weighted by atomic mass is 10.1. The zero-order chi connectivity index (χ0) is 15.3. The van der Waals surface area contributed by atoms with E-state index in [0.717, 1.165) is 26.8 Å². The van der Waals surface area contributed by atoms with Crippen LogP contribution in [0.3, 0.4) is 0 Å². The van der Waals surface area contributed by atoms with Crippen molar-refractivity contribution in [3.63, 3.8) is 0 Å². The van der Waals surface area contributed by atoms with Gasteiger partial charge in [-0.15, -0.1) is 0 Å². The molecule has 0 amide bonds. The summed E-state index contributed by atoms with van der Waals surface area (Å²) in [5.41, 5.74) is 4.52. The molecule has 2 nitrogen and oxygen atoms in total. The molecule has 0 atom stereocenters. The maximum absolute atomic E-state index is 13.6. The molecule has 0 fully saturated rings. The Hall–Kier alpha value is -1.17. The predicted octanol–water partition coefficient (Wildman–Crippen LogP) is 5.86. The lowest BCUT2D eigenvalue weighted by Gasteiger charge is -2.10. The van der Waals surface area contributed by atoms with Crippen LogP contribution < -0.4 is 0 Å². The molecule has 0 radical (unpaired) electrons. The minimum Gasteiger partial charge on any atom is -0.330 e. The number of nitrogens with one attached hydrogen (secondary N) is 1. The standard InChI is InChI=1S/C15H11BrClFN2S/c1-7-3-9(4-8(2)14(7)16)20-13-5-10(17)11(18)6-12(13)19-15(20)21/h3-6H,1-2H3,(H,19,21). The van der Waals surface area contributed by atoms with Crippen molar-refractivity contribution in [2.75, 3.05) is 0 Å². The van der Waals surface area contributed by atoms with Crippen molar-refractivity contribution in [3.05, 3.63) is 55.5 Å². The van der Waals surface area contributed by atoms with Crippen LogP contribution in [0.4, 0.5) is 4.39 Å². The van der Waals surface area contributed by atoms with Crippen LogP contribution in [-0.2, 0) is 0 Å². The van der Waals surface area contributed by atoms with Crippen molar-refractivity contribution in [3.8, 4) is 5.69 Å². The van der Waals surface area contributed by atoms with Gasteiger partial charge in [0.2, 0.25) is 0 Å². The number of hydrogen-bond donors (Lipinski definition) is 1. The van der Waals surface area contributed by atoms with Gasteiger partial charge in [0.15, 0.2) is 4.77 Å². The molecule has 0 saturated carbocycles. The van der Waals surface area contributed by atoms with Crippen LogP contribution in [0.1, 0.15) is 11.1 Å². The van der Waals surface area contributed by atoms with Gasteiger partial charge < -0.3 is 4.98 Å². The summed E-state index contributed by atoms with van der Waals surface area (Å²) in [5.74, 6) is -0.462. The first-order valence-electron chi connectivity index (χ1n) is 6.25. The number of aryl methyl sites for hydroxylation is 2. The fraction of sp³-hybridized carbons (Fsp3) is 0.133. The summed E-state index contributed by atoms with van der Waals surface area (Å²) >= 11 is 14.8. The minimum absolute atomic E-state index is 0.0794. The number of aromatic amines is 1. The van der Waals surface area contributed by atoms with E-state index in [2.05, 4.69) is 20.9 Å². The summed E-state index contributed by atoms with van der Waals surface area (Å²) < 4.78 is 17.0. The fourth-order valence-electron chi connectivity index (χ4n) is 2.41. The molecule has 3 aromatic rings. The molecular weight excluding hydrogens is 375 g/mol. The second-order valence-corrected chi connectivity index (χ2v) is 6.53. The van der Waals surface area contributed by atoms with E-state index in [4.69, 9.17) is 23.8 Å². The van der Waals surface area contributed by atoms with E-state index < -0.39 is 5.82 Å². The van der Waals surface area contributed by atoms with Crippen molar-refractivity contribution < 1.29 is 4.39 Å². The number of H-pyrrole nitrogens is 1. The Morgan fingerprint density at radius 2 is 1.81 bits per heavy atom. The molecule has 0 saturated heterocycles. The highest BCUT2D eigenvalue weighted by Crippen LogP contribution is 2.29. The van der Waals surface area contributed by atoms with Gasteiger partial charge in [-0.2, -0.15) is 0 Å². The first-order valence-corrected chi connectivity index (χ1v) is 7.83. The molecule has 1 N–H and O–H groups in total. The molecule has 3 rings (SSSR count). The Morgan fingerprint density at radius 1 is 1.19 bits per heavy atom. The molecule has 0 aliphatic heterocycles. The number of hydrogen-bond acceptors (Lipinski definition) is 1. The van der Waals surface area contributed by atoms with E-state index in [1.54, 1.807) is 6.07 Å². The van der Waals surface area contributed by atoms with Gasteiger partial charge in [-0.3, -0.25) is 4.57 Å². The van der Waals surface area contributed by atoms with Gasteiger partial charge in [0.25, 0.3) is 0 Å². The van der Waals surface area contributed by atoms with Gasteiger partial charge in [-0.1, -0.05) is 27.5 Å².